The Morgan fingerprint density at radius 2 is 1.73 bits per heavy atom. The van der Waals surface area contributed by atoms with Gasteiger partial charge in [0.25, 0.3) is 0 Å². The SMILES string of the molecule is c1ccc(CN2[C@H]3CC[C@H]2CNC3)cc1. The quantitative estimate of drug-likeness (QED) is 0.784. The highest BCUT2D eigenvalue weighted by Crippen LogP contribution is 2.28. The molecule has 0 radical (unpaired) electrons. The standard InChI is InChI=1S/C13H18N2/c1-2-4-11(5-3-1)10-15-12-6-7-13(15)9-14-8-12/h1-5,12-14H,6-10H2/t12-,13-/m0/s1. The molecule has 2 heteroatoms. The van der Waals surface area contributed by atoms with E-state index in [1.54, 1.807) is 0 Å². The molecule has 2 atom stereocenters. The summed E-state index contributed by atoms with van der Waals surface area (Å²) in [6, 6.07) is 12.4. The van der Waals surface area contributed by atoms with Gasteiger partial charge >= 0.3 is 0 Å². The van der Waals surface area contributed by atoms with E-state index in [1.165, 1.54) is 31.5 Å². The summed E-state index contributed by atoms with van der Waals surface area (Å²) in [4.78, 5) is 2.69. The summed E-state index contributed by atoms with van der Waals surface area (Å²) in [5.74, 6) is 0. The van der Waals surface area contributed by atoms with Gasteiger partial charge < -0.3 is 5.32 Å². The van der Waals surface area contributed by atoms with Crippen LogP contribution in [0.2, 0.25) is 0 Å². The average Bonchev–Trinajstić information content (AvgIpc) is 2.53. The lowest BCUT2D eigenvalue weighted by Crippen LogP contribution is -2.51. The maximum absolute atomic E-state index is 3.52. The Kier molecular flexibility index (Phi) is 2.47. The van der Waals surface area contributed by atoms with E-state index in [-0.39, 0.29) is 0 Å². The first kappa shape index (κ1) is 9.37. The van der Waals surface area contributed by atoms with E-state index in [0.29, 0.717) is 0 Å². The molecule has 0 saturated carbocycles. The topological polar surface area (TPSA) is 15.3 Å². The molecular formula is C13H18N2. The Labute approximate surface area is 91.3 Å². The zero-order valence-electron chi connectivity index (χ0n) is 9.02. The van der Waals surface area contributed by atoms with Crippen molar-refractivity contribution >= 4 is 0 Å². The van der Waals surface area contributed by atoms with Gasteiger partial charge in [-0.3, -0.25) is 4.90 Å². The number of rotatable bonds is 2. The number of fused-ring (bicyclic) bond motifs is 2. The molecule has 1 N–H and O–H groups in total. The van der Waals surface area contributed by atoms with Gasteiger partial charge in [0.1, 0.15) is 0 Å². The monoisotopic (exact) mass is 202 g/mol. The predicted molar refractivity (Wildman–Crippen MR) is 61.7 cm³/mol. The molecule has 2 nitrogen and oxygen atoms in total. The first-order valence-corrected chi connectivity index (χ1v) is 5.94. The van der Waals surface area contributed by atoms with Crippen LogP contribution < -0.4 is 5.32 Å². The van der Waals surface area contributed by atoms with Gasteiger partial charge in [0.05, 0.1) is 0 Å². The van der Waals surface area contributed by atoms with Crippen LogP contribution in [0.15, 0.2) is 30.3 Å². The first-order chi connectivity index (χ1) is 7.43. The third kappa shape index (κ3) is 1.80. The molecular weight excluding hydrogens is 184 g/mol. The maximum Gasteiger partial charge on any atom is 0.0240 e. The minimum atomic E-state index is 0.781. The van der Waals surface area contributed by atoms with E-state index in [9.17, 15) is 0 Å². The molecule has 80 valence electrons. The van der Waals surface area contributed by atoms with E-state index < -0.39 is 0 Å². The van der Waals surface area contributed by atoms with Crippen molar-refractivity contribution in [2.24, 2.45) is 0 Å². The third-order valence-electron chi connectivity index (χ3n) is 3.74. The lowest BCUT2D eigenvalue weighted by atomic mass is 10.1. The van der Waals surface area contributed by atoms with Crippen LogP contribution in [-0.2, 0) is 6.54 Å². The minimum absolute atomic E-state index is 0.781. The summed E-state index contributed by atoms with van der Waals surface area (Å²) < 4.78 is 0. The fourth-order valence-corrected chi connectivity index (χ4v) is 2.92. The molecule has 0 unspecified atom stereocenters. The molecule has 2 fully saturated rings. The highest BCUT2D eigenvalue weighted by molar-refractivity contribution is 5.15. The van der Waals surface area contributed by atoms with Gasteiger partial charge in [-0.15, -0.1) is 0 Å². The van der Waals surface area contributed by atoms with Crippen molar-refractivity contribution in [3.63, 3.8) is 0 Å². The average molecular weight is 202 g/mol. The van der Waals surface area contributed by atoms with Gasteiger partial charge in [-0.2, -0.15) is 0 Å². The molecule has 1 aromatic carbocycles. The molecule has 2 aliphatic rings. The molecule has 3 rings (SSSR count). The number of nitrogens with one attached hydrogen (secondary N) is 1. The van der Waals surface area contributed by atoms with Gasteiger partial charge in [-0.05, 0) is 18.4 Å². The van der Waals surface area contributed by atoms with Crippen LogP contribution in [0, 0.1) is 0 Å². The Hall–Kier alpha value is -0.860. The highest BCUT2D eigenvalue weighted by Gasteiger charge is 2.35. The van der Waals surface area contributed by atoms with Gasteiger partial charge in [0, 0.05) is 31.7 Å². The number of piperazine rings is 1. The highest BCUT2D eigenvalue weighted by atomic mass is 15.3. The Balaban J connectivity index is 1.73. The first-order valence-electron chi connectivity index (χ1n) is 5.94. The van der Waals surface area contributed by atoms with Gasteiger partial charge in [-0.1, -0.05) is 30.3 Å². The van der Waals surface area contributed by atoms with E-state index in [0.717, 1.165) is 18.6 Å². The Morgan fingerprint density at radius 1 is 1.07 bits per heavy atom. The lowest BCUT2D eigenvalue weighted by Gasteiger charge is -2.35. The van der Waals surface area contributed by atoms with Crippen LogP contribution in [0.1, 0.15) is 18.4 Å². The van der Waals surface area contributed by atoms with Crippen molar-refractivity contribution in [2.45, 2.75) is 31.5 Å². The molecule has 2 bridgehead atoms. The number of benzene rings is 1. The van der Waals surface area contributed by atoms with E-state index >= 15 is 0 Å². The van der Waals surface area contributed by atoms with Crippen LogP contribution in [0.25, 0.3) is 0 Å². The molecule has 0 aromatic heterocycles. The summed E-state index contributed by atoms with van der Waals surface area (Å²) in [5.41, 5.74) is 1.45. The zero-order chi connectivity index (χ0) is 10.1. The molecule has 0 aliphatic carbocycles. The summed E-state index contributed by atoms with van der Waals surface area (Å²) >= 11 is 0. The van der Waals surface area contributed by atoms with Crippen molar-refractivity contribution in [1.82, 2.24) is 10.2 Å². The lowest BCUT2D eigenvalue weighted by molar-refractivity contribution is 0.145. The van der Waals surface area contributed by atoms with E-state index in [1.807, 2.05) is 0 Å². The maximum atomic E-state index is 3.52. The van der Waals surface area contributed by atoms with Crippen LogP contribution in [-0.4, -0.2) is 30.1 Å². The molecule has 1 aromatic rings. The molecule has 2 heterocycles. The van der Waals surface area contributed by atoms with Crippen molar-refractivity contribution in [2.75, 3.05) is 13.1 Å². The molecule has 2 saturated heterocycles. The fraction of sp³-hybridized carbons (Fsp3) is 0.538. The fourth-order valence-electron chi connectivity index (χ4n) is 2.92. The van der Waals surface area contributed by atoms with Crippen molar-refractivity contribution in [1.29, 1.82) is 0 Å². The summed E-state index contributed by atoms with van der Waals surface area (Å²) in [6.07, 6.45) is 2.76. The van der Waals surface area contributed by atoms with Crippen molar-refractivity contribution < 1.29 is 0 Å². The second-order valence-electron chi connectivity index (χ2n) is 4.70. The second kappa shape index (κ2) is 3.95. The second-order valence-corrected chi connectivity index (χ2v) is 4.70. The molecule has 0 amide bonds. The van der Waals surface area contributed by atoms with Crippen molar-refractivity contribution in [3.8, 4) is 0 Å². The van der Waals surface area contributed by atoms with Crippen LogP contribution >= 0.6 is 0 Å². The van der Waals surface area contributed by atoms with Crippen LogP contribution in [0.5, 0.6) is 0 Å². The Morgan fingerprint density at radius 3 is 2.40 bits per heavy atom. The smallest absolute Gasteiger partial charge is 0.0240 e. The van der Waals surface area contributed by atoms with Crippen LogP contribution in [0.3, 0.4) is 0 Å². The summed E-state index contributed by atoms with van der Waals surface area (Å²) in [7, 11) is 0. The van der Waals surface area contributed by atoms with Crippen molar-refractivity contribution in [3.05, 3.63) is 35.9 Å². The number of nitrogens with zero attached hydrogens (tertiary/aromatic N) is 1. The van der Waals surface area contributed by atoms with Gasteiger partial charge in [0.2, 0.25) is 0 Å². The number of hydrogen-bond acceptors (Lipinski definition) is 2. The van der Waals surface area contributed by atoms with E-state index in [2.05, 4.69) is 40.5 Å². The molecule has 0 spiro atoms. The molecule has 15 heavy (non-hydrogen) atoms. The molecule has 2 aliphatic heterocycles. The van der Waals surface area contributed by atoms with Gasteiger partial charge in [0.15, 0.2) is 0 Å². The zero-order valence-corrected chi connectivity index (χ0v) is 9.02. The van der Waals surface area contributed by atoms with E-state index in [4.69, 9.17) is 0 Å². The summed E-state index contributed by atoms with van der Waals surface area (Å²) in [6.45, 7) is 3.50. The number of hydrogen-bond donors (Lipinski definition) is 1. The largest absolute Gasteiger partial charge is 0.314 e. The minimum Gasteiger partial charge on any atom is -0.314 e. The Bertz CT molecular complexity index is 307. The summed E-state index contributed by atoms with van der Waals surface area (Å²) in [5, 5.41) is 3.52. The normalized spacial score (nSPS) is 30.7. The van der Waals surface area contributed by atoms with Gasteiger partial charge in [-0.25, -0.2) is 0 Å². The predicted octanol–water partition coefficient (Wildman–Crippen LogP) is 1.62. The third-order valence-corrected chi connectivity index (χ3v) is 3.74. The van der Waals surface area contributed by atoms with Crippen LogP contribution in [0.4, 0.5) is 0 Å².